The lowest BCUT2D eigenvalue weighted by atomic mass is 9.99. The molecule has 2 aliphatic heterocycles. The van der Waals surface area contributed by atoms with Crippen LogP contribution in [0.25, 0.3) is 0 Å². The largest absolute Gasteiger partial charge is 0.344 e. The highest BCUT2D eigenvalue weighted by Gasteiger charge is 2.32. The fourth-order valence-electron chi connectivity index (χ4n) is 3.12. The van der Waals surface area contributed by atoms with E-state index in [2.05, 4.69) is 5.32 Å². The van der Waals surface area contributed by atoms with Crippen molar-refractivity contribution in [2.24, 2.45) is 5.92 Å². The molecule has 0 radical (unpaired) electrons. The van der Waals surface area contributed by atoms with Crippen molar-refractivity contribution in [2.75, 3.05) is 26.7 Å². The second-order valence-corrected chi connectivity index (χ2v) is 6.35. The monoisotopic (exact) mass is 281 g/mol. The Labute approximate surface area is 121 Å². The lowest BCUT2D eigenvalue weighted by Crippen LogP contribution is -2.52. The highest BCUT2D eigenvalue weighted by Crippen LogP contribution is 2.19. The number of nitrogens with one attached hydrogen (secondary N) is 1. The summed E-state index contributed by atoms with van der Waals surface area (Å²) < 4.78 is 0. The van der Waals surface area contributed by atoms with Gasteiger partial charge in [-0.15, -0.1) is 0 Å². The Bertz CT molecular complexity index is 370. The molecule has 0 aromatic rings. The second-order valence-electron chi connectivity index (χ2n) is 6.35. The van der Waals surface area contributed by atoms with E-state index < -0.39 is 0 Å². The second kappa shape index (κ2) is 6.57. The summed E-state index contributed by atoms with van der Waals surface area (Å²) in [7, 11) is 1.85. The third kappa shape index (κ3) is 3.32. The van der Waals surface area contributed by atoms with Gasteiger partial charge >= 0.3 is 0 Å². The van der Waals surface area contributed by atoms with Gasteiger partial charge in [0.2, 0.25) is 11.8 Å². The molecule has 2 heterocycles. The Morgan fingerprint density at radius 1 is 1.30 bits per heavy atom. The molecule has 0 spiro atoms. The van der Waals surface area contributed by atoms with E-state index in [1.165, 1.54) is 6.42 Å². The summed E-state index contributed by atoms with van der Waals surface area (Å²) in [5.74, 6) is 0.476. The molecule has 5 nitrogen and oxygen atoms in total. The van der Waals surface area contributed by atoms with Crippen molar-refractivity contribution in [1.82, 2.24) is 15.1 Å². The van der Waals surface area contributed by atoms with Crippen LogP contribution in [0.4, 0.5) is 0 Å². The van der Waals surface area contributed by atoms with Gasteiger partial charge in [-0.05, 0) is 25.7 Å². The summed E-state index contributed by atoms with van der Waals surface area (Å²) in [5, 5.41) is 3.37. The number of carbonyl (C=O) groups excluding carboxylic acids is 2. The van der Waals surface area contributed by atoms with E-state index in [4.69, 9.17) is 0 Å². The topological polar surface area (TPSA) is 52.7 Å². The summed E-state index contributed by atoms with van der Waals surface area (Å²) in [6.07, 6.45) is 4.19. The van der Waals surface area contributed by atoms with Crippen LogP contribution in [0.15, 0.2) is 0 Å². The molecule has 114 valence electrons. The van der Waals surface area contributed by atoms with Gasteiger partial charge in [0.05, 0.1) is 6.04 Å². The summed E-state index contributed by atoms with van der Waals surface area (Å²) in [6, 6.07) is 0.190. The molecule has 0 aromatic heterocycles. The maximum Gasteiger partial charge on any atom is 0.239 e. The summed E-state index contributed by atoms with van der Waals surface area (Å²) in [4.78, 5) is 27.9. The van der Waals surface area contributed by atoms with Crippen LogP contribution in [0.2, 0.25) is 0 Å². The number of amides is 2. The minimum Gasteiger partial charge on any atom is -0.344 e. The molecular formula is C15H27N3O2. The minimum absolute atomic E-state index is 0.0508. The van der Waals surface area contributed by atoms with E-state index in [9.17, 15) is 9.59 Å². The highest BCUT2D eigenvalue weighted by molar-refractivity contribution is 5.83. The predicted octanol–water partition coefficient (Wildman–Crippen LogP) is 0.844. The van der Waals surface area contributed by atoms with Crippen molar-refractivity contribution in [3.8, 4) is 0 Å². The van der Waals surface area contributed by atoms with E-state index in [0.717, 1.165) is 38.9 Å². The van der Waals surface area contributed by atoms with Crippen molar-refractivity contribution in [1.29, 1.82) is 0 Å². The smallest absolute Gasteiger partial charge is 0.239 e. The predicted molar refractivity (Wildman–Crippen MR) is 78.2 cm³/mol. The van der Waals surface area contributed by atoms with Crippen LogP contribution < -0.4 is 5.32 Å². The number of likely N-dealkylation sites (N-methyl/N-ethyl adjacent to an activating group) is 1. The molecule has 2 unspecified atom stereocenters. The fraction of sp³-hybridized carbons (Fsp3) is 0.867. The van der Waals surface area contributed by atoms with E-state index in [-0.39, 0.29) is 29.8 Å². The Balaban J connectivity index is 1.89. The first-order chi connectivity index (χ1) is 9.50. The van der Waals surface area contributed by atoms with Gasteiger partial charge < -0.3 is 15.1 Å². The number of piperidine rings is 1. The van der Waals surface area contributed by atoms with Crippen molar-refractivity contribution in [3.05, 3.63) is 0 Å². The van der Waals surface area contributed by atoms with Gasteiger partial charge in [-0.3, -0.25) is 9.59 Å². The zero-order valence-corrected chi connectivity index (χ0v) is 12.9. The zero-order valence-electron chi connectivity index (χ0n) is 12.9. The van der Waals surface area contributed by atoms with Crippen LogP contribution in [0.3, 0.4) is 0 Å². The van der Waals surface area contributed by atoms with Crippen molar-refractivity contribution >= 4 is 11.8 Å². The average molecular weight is 281 g/mol. The Morgan fingerprint density at radius 2 is 2.05 bits per heavy atom. The number of hydrogen-bond acceptors (Lipinski definition) is 3. The maximum atomic E-state index is 12.2. The van der Waals surface area contributed by atoms with Crippen LogP contribution in [0, 0.1) is 5.92 Å². The SMILES string of the molecule is CC(C)C(=O)N1CCCCC1CNC1CCN(C)C1=O. The van der Waals surface area contributed by atoms with Gasteiger partial charge in [0.15, 0.2) is 0 Å². The standard InChI is InChI=1S/C15H27N3O2/c1-11(2)14(19)18-8-5-4-6-12(18)10-16-13-7-9-17(3)15(13)20/h11-13,16H,4-10H2,1-3H3. The lowest BCUT2D eigenvalue weighted by molar-refractivity contribution is -0.138. The van der Waals surface area contributed by atoms with Crippen LogP contribution in [-0.4, -0.2) is 60.4 Å². The molecule has 1 N–H and O–H groups in total. The summed E-state index contributed by atoms with van der Waals surface area (Å²) in [5.41, 5.74) is 0. The first-order valence-electron chi connectivity index (χ1n) is 7.79. The number of nitrogens with zero attached hydrogens (tertiary/aromatic N) is 2. The van der Waals surface area contributed by atoms with Gasteiger partial charge in [-0.2, -0.15) is 0 Å². The Hall–Kier alpha value is -1.10. The first-order valence-corrected chi connectivity index (χ1v) is 7.79. The fourth-order valence-corrected chi connectivity index (χ4v) is 3.12. The number of likely N-dealkylation sites (tertiary alicyclic amines) is 2. The van der Waals surface area contributed by atoms with Crippen molar-refractivity contribution in [3.63, 3.8) is 0 Å². The van der Waals surface area contributed by atoms with Gasteiger partial charge in [0.25, 0.3) is 0 Å². The minimum atomic E-state index is -0.0575. The molecule has 0 aliphatic carbocycles. The lowest BCUT2D eigenvalue weighted by Gasteiger charge is -2.37. The van der Waals surface area contributed by atoms with E-state index in [0.29, 0.717) is 0 Å². The highest BCUT2D eigenvalue weighted by atomic mass is 16.2. The molecule has 0 bridgehead atoms. The van der Waals surface area contributed by atoms with E-state index >= 15 is 0 Å². The molecule has 2 amide bonds. The molecule has 20 heavy (non-hydrogen) atoms. The van der Waals surface area contributed by atoms with Crippen molar-refractivity contribution < 1.29 is 9.59 Å². The van der Waals surface area contributed by atoms with E-state index in [1.54, 1.807) is 4.90 Å². The quantitative estimate of drug-likeness (QED) is 0.831. The van der Waals surface area contributed by atoms with Crippen molar-refractivity contribution in [2.45, 2.75) is 51.6 Å². The zero-order chi connectivity index (χ0) is 14.7. The molecule has 2 fully saturated rings. The normalized spacial score (nSPS) is 27.5. The van der Waals surface area contributed by atoms with E-state index in [1.807, 2.05) is 25.8 Å². The molecule has 2 saturated heterocycles. The Morgan fingerprint density at radius 3 is 2.65 bits per heavy atom. The van der Waals surface area contributed by atoms with Gasteiger partial charge in [-0.25, -0.2) is 0 Å². The van der Waals surface area contributed by atoms with Crippen LogP contribution in [0.5, 0.6) is 0 Å². The number of rotatable bonds is 4. The Kier molecular flexibility index (Phi) is 5.02. The molecular weight excluding hydrogens is 254 g/mol. The van der Waals surface area contributed by atoms with Gasteiger partial charge in [-0.1, -0.05) is 13.8 Å². The molecule has 2 aliphatic rings. The molecule has 2 atom stereocenters. The third-order valence-corrected chi connectivity index (χ3v) is 4.43. The summed E-state index contributed by atoms with van der Waals surface area (Å²) >= 11 is 0. The molecule has 0 saturated carbocycles. The summed E-state index contributed by atoms with van der Waals surface area (Å²) in [6.45, 7) is 6.34. The molecule has 2 rings (SSSR count). The third-order valence-electron chi connectivity index (χ3n) is 4.43. The average Bonchev–Trinajstić information content (AvgIpc) is 2.76. The molecule has 5 heteroatoms. The van der Waals surface area contributed by atoms with Crippen LogP contribution in [0.1, 0.15) is 39.5 Å². The van der Waals surface area contributed by atoms with Gasteiger partial charge in [0.1, 0.15) is 0 Å². The van der Waals surface area contributed by atoms with Crippen LogP contribution >= 0.6 is 0 Å². The van der Waals surface area contributed by atoms with Crippen LogP contribution in [-0.2, 0) is 9.59 Å². The van der Waals surface area contributed by atoms with Gasteiger partial charge in [0, 0.05) is 38.6 Å². The maximum absolute atomic E-state index is 12.2. The number of carbonyl (C=O) groups is 2. The first kappa shape index (κ1) is 15.3. The number of hydrogen-bond donors (Lipinski definition) is 1. The molecule has 0 aromatic carbocycles.